The van der Waals surface area contributed by atoms with Crippen molar-refractivity contribution >= 4 is 0 Å². The Balaban J connectivity index is 1.24. The van der Waals surface area contributed by atoms with Crippen LogP contribution in [0.5, 0.6) is 0 Å². The molecule has 0 aliphatic heterocycles. The lowest BCUT2D eigenvalue weighted by atomic mass is 9.87. The number of hydrogen-bond donors (Lipinski definition) is 4. The third-order valence-corrected chi connectivity index (χ3v) is 7.74. The molecule has 0 amide bonds. The fraction of sp³-hybridized carbons (Fsp3) is 0.419. The molecule has 1 unspecified atom stereocenters. The first-order chi connectivity index (χ1) is 17.4. The van der Waals surface area contributed by atoms with Crippen LogP contribution in [0.25, 0.3) is 22.5 Å². The number of benzene rings is 2. The largest absolute Gasteiger partial charge is 0.341 e. The van der Waals surface area contributed by atoms with Crippen LogP contribution in [0.15, 0.2) is 60.9 Å². The number of rotatable bonds is 6. The van der Waals surface area contributed by atoms with Crippen molar-refractivity contribution < 1.29 is 0 Å². The van der Waals surface area contributed by atoms with Gasteiger partial charge in [0.2, 0.25) is 0 Å². The molecular formula is C31H40N6. The Morgan fingerprint density at radius 3 is 1.32 bits per heavy atom. The van der Waals surface area contributed by atoms with E-state index in [9.17, 15) is 0 Å². The zero-order chi connectivity index (χ0) is 26.5. The summed E-state index contributed by atoms with van der Waals surface area (Å²) in [5.41, 5.74) is 19.7. The first-order valence-corrected chi connectivity index (χ1v) is 13.2. The predicted octanol–water partition coefficient (Wildman–Crippen LogP) is 6.83. The van der Waals surface area contributed by atoms with Gasteiger partial charge in [-0.2, -0.15) is 0 Å². The van der Waals surface area contributed by atoms with E-state index in [1.165, 1.54) is 17.5 Å². The van der Waals surface area contributed by atoms with E-state index in [0.717, 1.165) is 34.2 Å². The summed E-state index contributed by atoms with van der Waals surface area (Å²) in [6, 6.07) is 17.5. The summed E-state index contributed by atoms with van der Waals surface area (Å²) < 4.78 is 0. The van der Waals surface area contributed by atoms with Crippen LogP contribution in [0.2, 0.25) is 0 Å². The van der Waals surface area contributed by atoms with E-state index in [1.807, 2.05) is 12.4 Å². The van der Waals surface area contributed by atoms with Crippen molar-refractivity contribution in [3.05, 3.63) is 83.7 Å². The maximum Gasteiger partial charge on any atom is 0.124 e. The highest BCUT2D eigenvalue weighted by Crippen LogP contribution is 2.54. The highest BCUT2D eigenvalue weighted by molar-refractivity contribution is 5.61. The third kappa shape index (κ3) is 5.27. The summed E-state index contributed by atoms with van der Waals surface area (Å²) in [6.45, 7) is 12.8. The van der Waals surface area contributed by atoms with E-state index in [1.54, 1.807) is 0 Å². The monoisotopic (exact) mass is 496 g/mol. The molecule has 6 nitrogen and oxygen atoms in total. The van der Waals surface area contributed by atoms with E-state index in [2.05, 4.69) is 110 Å². The van der Waals surface area contributed by atoms with Gasteiger partial charge in [-0.3, -0.25) is 0 Å². The fourth-order valence-electron chi connectivity index (χ4n) is 4.85. The number of aromatic nitrogens is 4. The minimum atomic E-state index is -0.129. The molecule has 1 aliphatic rings. The van der Waals surface area contributed by atoms with Crippen molar-refractivity contribution in [3.8, 4) is 22.5 Å². The summed E-state index contributed by atoms with van der Waals surface area (Å²) in [5, 5.41) is 0. The second kappa shape index (κ2) is 9.26. The minimum absolute atomic E-state index is 0.0424. The number of nitrogens with one attached hydrogen (secondary N) is 2. The SMILES string of the molecule is CC(C)(C)C(N)c1ncc(-c2ccc([C@H]3C[C@@H]3c3ccc(-c4cnc([C@@H](N)C(C)(C)C)[nH]4)cc3)cc2)[nH]1. The second-order valence-corrected chi connectivity index (χ2v) is 12.7. The van der Waals surface area contributed by atoms with Gasteiger partial charge in [0, 0.05) is 0 Å². The summed E-state index contributed by atoms with van der Waals surface area (Å²) in [5.74, 6) is 2.80. The van der Waals surface area contributed by atoms with E-state index < -0.39 is 0 Å². The molecule has 4 aromatic rings. The molecule has 37 heavy (non-hydrogen) atoms. The summed E-state index contributed by atoms with van der Waals surface area (Å²) in [7, 11) is 0. The molecular weight excluding hydrogens is 456 g/mol. The van der Waals surface area contributed by atoms with Crippen LogP contribution in [0.4, 0.5) is 0 Å². The van der Waals surface area contributed by atoms with E-state index >= 15 is 0 Å². The molecule has 6 N–H and O–H groups in total. The van der Waals surface area contributed by atoms with Gasteiger partial charge in [0.25, 0.3) is 0 Å². The standard InChI is InChI=1S/C31H40N6/c1-30(2,3)26(32)28-34-16-24(36-28)20-11-7-18(8-12-20)22-15-23(22)19-9-13-21(14-10-19)25-17-35-29(37-25)27(33)31(4,5)6/h7-14,16-17,22-23,26-27H,15,32-33H2,1-6H3,(H,34,36)(H,35,37)/t22-,23-,26-,27?/m1/s1. The molecule has 1 fully saturated rings. The Kier molecular flexibility index (Phi) is 6.37. The number of hydrogen-bond acceptors (Lipinski definition) is 4. The molecule has 0 radical (unpaired) electrons. The topological polar surface area (TPSA) is 109 Å². The lowest BCUT2D eigenvalue weighted by Gasteiger charge is -2.25. The smallest absolute Gasteiger partial charge is 0.124 e. The molecule has 2 aromatic carbocycles. The molecule has 2 aromatic heterocycles. The number of aromatic amines is 2. The van der Waals surface area contributed by atoms with Crippen LogP contribution >= 0.6 is 0 Å². The van der Waals surface area contributed by atoms with Crippen molar-refractivity contribution in [2.24, 2.45) is 22.3 Å². The lowest BCUT2D eigenvalue weighted by molar-refractivity contribution is 0.316. The quantitative estimate of drug-likeness (QED) is 0.234. The minimum Gasteiger partial charge on any atom is -0.341 e. The molecule has 1 saturated carbocycles. The van der Waals surface area contributed by atoms with E-state index in [0.29, 0.717) is 11.8 Å². The molecule has 2 heterocycles. The number of nitrogens with zero attached hydrogens (tertiary/aromatic N) is 2. The van der Waals surface area contributed by atoms with Crippen molar-refractivity contribution in [1.29, 1.82) is 0 Å². The number of imidazole rings is 2. The van der Waals surface area contributed by atoms with Gasteiger partial charge in [-0.1, -0.05) is 90.1 Å². The van der Waals surface area contributed by atoms with Gasteiger partial charge in [-0.15, -0.1) is 0 Å². The van der Waals surface area contributed by atoms with Crippen LogP contribution in [0, 0.1) is 10.8 Å². The highest BCUT2D eigenvalue weighted by atomic mass is 15.0. The second-order valence-electron chi connectivity index (χ2n) is 12.7. The highest BCUT2D eigenvalue weighted by Gasteiger charge is 2.39. The van der Waals surface area contributed by atoms with Crippen LogP contribution in [0.1, 0.15) is 94.7 Å². The molecule has 0 bridgehead atoms. The molecule has 6 heteroatoms. The lowest BCUT2D eigenvalue weighted by Crippen LogP contribution is -2.27. The normalized spacial score (nSPS) is 19.6. The predicted molar refractivity (Wildman–Crippen MR) is 151 cm³/mol. The number of nitrogens with two attached hydrogens (primary N) is 2. The van der Waals surface area contributed by atoms with Gasteiger partial charge in [-0.25, -0.2) is 9.97 Å². The molecule has 5 rings (SSSR count). The summed E-state index contributed by atoms with van der Waals surface area (Å²) in [4.78, 5) is 15.9. The first-order valence-electron chi connectivity index (χ1n) is 13.2. The van der Waals surface area contributed by atoms with Crippen LogP contribution in [-0.2, 0) is 0 Å². The van der Waals surface area contributed by atoms with Crippen LogP contribution in [0.3, 0.4) is 0 Å². The van der Waals surface area contributed by atoms with Crippen molar-refractivity contribution in [2.75, 3.05) is 0 Å². The zero-order valence-electron chi connectivity index (χ0n) is 22.8. The molecule has 0 spiro atoms. The van der Waals surface area contributed by atoms with Crippen LogP contribution in [-0.4, -0.2) is 19.9 Å². The zero-order valence-corrected chi connectivity index (χ0v) is 22.8. The van der Waals surface area contributed by atoms with E-state index in [4.69, 9.17) is 11.5 Å². The van der Waals surface area contributed by atoms with Gasteiger partial charge in [0.05, 0.1) is 35.9 Å². The summed E-state index contributed by atoms with van der Waals surface area (Å²) in [6.07, 6.45) is 4.95. The maximum absolute atomic E-state index is 6.37. The Bertz CT molecular complexity index is 1240. The van der Waals surface area contributed by atoms with Gasteiger partial charge >= 0.3 is 0 Å². The first kappa shape index (κ1) is 25.4. The number of H-pyrrole nitrogens is 2. The van der Waals surface area contributed by atoms with E-state index in [-0.39, 0.29) is 22.9 Å². The average Bonchev–Trinajstić information content (AvgIpc) is 3.26. The Morgan fingerprint density at radius 1 is 0.649 bits per heavy atom. The average molecular weight is 497 g/mol. The Morgan fingerprint density at radius 2 is 1.00 bits per heavy atom. The molecule has 194 valence electrons. The summed E-state index contributed by atoms with van der Waals surface area (Å²) >= 11 is 0. The van der Waals surface area contributed by atoms with Crippen LogP contribution < -0.4 is 11.5 Å². The van der Waals surface area contributed by atoms with Gasteiger partial charge in [0.15, 0.2) is 0 Å². The van der Waals surface area contributed by atoms with Crippen molar-refractivity contribution in [3.63, 3.8) is 0 Å². The molecule has 4 atom stereocenters. The third-order valence-electron chi connectivity index (χ3n) is 7.74. The van der Waals surface area contributed by atoms with Crippen molar-refractivity contribution in [1.82, 2.24) is 19.9 Å². The van der Waals surface area contributed by atoms with Crippen molar-refractivity contribution in [2.45, 2.75) is 71.9 Å². The fourth-order valence-corrected chi connectivity index (χ4v) is 4.85. The Hall–Kier alpha value is -3.22. The van der Waals surface area contributed by atoms with Gasteiger partial charge < -0.3 is 21.4 Å². The maximum atomic E-state index is 6.37. The van der Waals surface area contributed by atoms with Gasteiger partial charge in [0.1, 0.15) is 11.6 Å². The molecule has 1 aliphatic carbocycles. The van der Waals surface area contributed by atoms with Gasteiger partial charge in [-0.05, 0) is 51.3 Å². The Labute approximate surface area is 220 Å². The molecule has 0 saturated heterocycles.